The Morgan fingerprint density at radius 1 is 0.929 bits per heavy atom. The van der Waals surface area contributed by atoms with Crippen molar-refractivity contribution >= 4 is 29.5 Å². The number of rotatable bonds is 6. The van der Waals surface area contributed by atoms with Gasteiger partial charge in [-0.3, -0.25) is 0 Å². The van der Waals surface area contributed by atoms with Gasteiger partial charge in [0.25, 0.3) is 0 Å². The molecule has 4 rings (SSSR count). The first kappa shape index (κ1) is 19.0. The van der Waals surface area contributed by atoms with E-state index in [1.54, 1.807) is 7.11 Å². The van der Waals surface area contributed by atoms with Gasteiger partial charge in [0.2, 0.25) is 0 Å². The molecule has 0 saturated carbocycles. The fourth-order valence-corrected chi connectivity index (χ4v) is 6.53. The number of methoxy groups -OCH3 is 1. The fourth-order valence-electron chi connectivity index (χ4n) is 4.05. The van der Waals surface area contributed by atoms with Crippen LogP contribution >= 0.6 is 7.92 Å². The van der Waals surface area contributed by atoms with E-state index in [4.69, 9.17) is 4.74 Å². The second kappa shape index (κ2) is 8.77. The van der Waals surface area contributed by atoms with E-state index in [-0.39, 0.29) is 12.6 Å². The number of benzene rings is 3. The van der Waals surface area contributed by atoms with Gasteiger partial charge in [-0.05, 0) is 37.4 Å². The van der Waals surface area contributed by atoms with Crippen LogP contribution in [0.1, 0.15) is 12.8 Å². The van der Waals surface area contributed by atoms with Crippen LogP contribution in [0.15, 0.2) is 78.9 Å². The number of nitrogens with zero attached hydrogens (tertiary/aromatic N) is 1. The molecular weight excluding hydrogens is 365 g/mol. The van der Waals surface area contributed by atoms with E-state index in [9.17, 15) is 5.11 Å². The summed E-state index contributed by atoms with van der Waals surface area (Å²) in [5.41, 5.74) is 1.14. The molecule has 0 spiro atoms. The predicted molar refractivity (Wildman–Crippen MR) is 119 cm³/mol. The standard InChI is InChI=1S/C24H26NO2P/c1-27-22-15-8-16-23(24(22)25-17-9-10-19(25)18-26)28(20-11-4-2-5-12-20)21-13-6-3-7-14-21/h2-8,11-16,19,26H,9-10,17-18H2,1H3/t19-/m0/s1. The second-order valence-electron chi connectivity index (χ2n) is 7.01. The Morgan fingerprint density at radius 3 is 2.14 bits per heavy atom. The molecule has 0 aromatic heterocycles. The first-order chi connectivity index (χ1) is 13.8. The molecule has 1 aliphatic rings. The highest BCUT2D eigenvalue weighted by Crippen LogP contribution is 2.42. The van der Waals surface area contributed by atoms with Crippen LogP contribution in [-0.4, -0.2) is 31.4 Å². The molecule has 3 aromatic carbocycles. The topological polar surface area (TPSA) is 32.7 Å². The highest BCUT2D eigenvalue weighted by Gasteiger charge is 2.31. The van der Waals surface area contributed by atoms with Crippen molar-refractivity contribution in [3.8, 4) is 5.75 Å². The third-order valence-electron chi connectivity index (χ3n) is 5.34. The summed E-state index contributed by atoms with van der Waals surface area (Å²) >= 11 is 0. The Bertz CT molecular complexity index is 861. The van der Waals surface area contributed by atoms with Crippen molar-refractivity contribution in [1.29, 1.82) is 0 Å². The number of hydrogen-bond acceptors (Lipinski definition) is 3. The van der Waals surface area contributed by atoms with Crippen LogP contribution in [0.4, 0.5) is 5.69 Å². The molecule has 0 radical (unpaired) electrons. The third kappa shape index (κ3) is 3.65. The minimum atomic E-state index is -0.732. The van der Waals surface area contributed by atoms with E-state index >= 15 is 0 Å². The van der Waals surface area contributed by atoms with E-state index in [0.717, 1.165) is 30.8 Å². The normalized spacial score (nSPS) is 16.5. The zero-order chi connectivity index (χ0) is 19.3. The molecule has 1 heterocycles. The molecule has 1 N–H and O–H groups in total. The van der Waals surface area contributed by atoms with Gasteiger partial charge >= 0.3 is 0 Å². The molecule has 0 aliphatic carbocycles. The van der Waals surface area contributed by atoms with Gasteiger partial charge in [-0.1, -0.05) is 72.8 Å². The highest BCUT2D eigenvalue weighted by molar-refractivity contribution is 7.80. The molecule has 28 heavy (non-hydrogen) atoms. The zero-order valence-electron chi connectivity index (χ0n) is 16.2. The van der Waals surface area contributed by atoms with Gasteiger partial charge in [-0.25, -0.2) is 0 Å². The lowest BCUT2D eigenvalue weighted by molar-refractivity contribution is 0.266. The van der Waals surface area contributed by atoms with Gasteiger partial charge in [0.1, 0.15) is 5.75 Å². The maximum Gasteiger partial charge on any atom is 0.142 e. The maximum atomic E-state index is 9.95. The summed E-state index contributed by atoms with van der Waals surface area (Å²) in [4.78, 5) is 2.36. The van der Waals surface area contributed by atoms with Crippen LogP contribution in [0.3, 0.4) is 0 Å². The summed E-state index contributed by atoms with van der Waals surface area (Å²) in [6.07, 6.45) is 2.11. The molecule has 0 amide bonds. The smallest absolute Gasteiger partial charge is 0.142 e. The molecule has 1 saturated heterocycles. The van der Waals surface area contributed by atoms with E-state index < -0.39 is 7.92 Å². The van der Waals surface area contributed by atoms with Crippen molar-refractivity contribution in [2.45, 2.75) is 18.9 Å². The second-order valence-corrected chi connectivity index (χ2v) is 9.19. The number of aliphatic hydroxyl groups is 1. The molecule has 1 aliphatic heterocycles. The zero-order valence-corrected chi connectivity index (χ0v) is 17.1. The molecule has 1 atom stereocenters. The summed E-state index contributed by atoms with van der Waals surface area (Å²) < 4.78 is 5.80. The molecule has 4 heteroatoms. The van der Waals surface area contributed by atoms with Gasteiger partial charge in [-0.2, -0.15) is 0 Å². The number of hydrogen-bond donors (Lipinski definition) is 1. The Morgan fingerprint density at radius 2 is 1.57 bits per heavy atom. The lowest BCUT2D eigenvalue weighted by Gasteiger charge is -2.32. The van der Waals surface area contributed by atoms with E-state index in [1.165, 1.54) is 15.9 Å². The van der Waals surface area contributed by atoms with Crippen molar-refractivity contribution < 1.29 is 9.84 Å². The number of ether oxygens (including phenoxy) is 1. The fraction of sp³-hybridized carbons (Fsp3) is 0.250. The van der Waals surface area contributed by atoms with Crippen molar-refractivity contribution in [3.63, 3.8) is 0 Å². The Hall–Kier alpha value is -2.35. The minimum Gasteiger partial charge on any atom is -0.495 e. The quantitative estimate of drug-likeness (QED) is 0.654. The largest absolute Gasteiger partial charge is 0.495 e. The number of para-hydroxylation sites is 1. The summed E-state index contributed by atoms with van der Waals surface area (Å²) in [6, 6.07) is 28.0. The first-order valence-corrected chi connectivity index (χ1v) is 11.1. The van der Waals surface area contributed by atoms with Crippen LogP contribution in [0, 0.1) is 0 Å². The number of anilines is 1. The van der Waals surface area contributed by atoms with Crippen molar-refractivity contribution in [1.82, 2.24) is 0 Å². The van der Waals surface area contributed by atoms with Gasteiger partial charge in [0.05, 0.1) is 25.4 Å². The Labute approximate surface area is 168 Å². The predicted octanol–water partition coefficient (Wildman–Crippen LogP) is 3.41. The molecule has 0 bridgehead atoms. The van der Waals surface area contributed by atoms with Crippen molar-refractivity contribution in [2.24, 2.45) is 0 Å². The van der Waals surface area contributed by atoms with E-state index in [0.29, 0.717) is 0 Å². The van der Waals surface area contributed by atoms with Crippen LogP contribution in [0.5, 0.6) is 5.75 Å². The van der Waals surface area contributed by atoms with E-state index in [2.05, 4.69) is 77.7 Å². The summed E-state index contributed by atoms with van der Waals surface area (Å²) in [5, 5.41) is 13.9. The van der Waals surface area contributed by atoms with Gasteiger partial charge < -0.3 is 14.7 Å². The average Bonchev–Trinajstić information content (AvgIpc) is 3.24. The van der Waals surface area contributed by atoms with Crippen LogP contribution in [-0.2, 0) is 0 Å². The SMILES string of the molecule is COc1cccc(P(c2ccccc2)c2ccccc2)c1N1CCC[C@H]1CO. The molecule has 1 fully saturated rings. The van der Waals surface area contributed by atoms with Crippen molar-refractivity contribution in [3.05, 3.63) is 78.9 Å². The van der Waals surface area contributed by atoms with E-state index in [1.807, 2.05) is 6.07 Å². The third-order valence-corrected chi connectivity index (χ3v) is 7.81. The summed E-state index contributed by atoms with van der Waals surface area (Å²) in [5.74, 6) is 0.886. The van der Waals surface area contributed by atoms with Crippen LogP contribution in [0.2, 0.25) is 0 Å². The molecule has 3 aromatic rings. The first-order valence-electron chi connectivity index (χ1n) is 9.78. The van der Waals surface area contributed by atoms with Gasteiger partial charge in [0.15, 0.2) is 0 Å². The highest BCUT2D eigenvalue weighted by atomic mass is 31.1. The Kier molecular flexibility index (Phi) is 5.95. The average molecular weight is 391 g/mol. The molecular formula is C24H26NO2P. The monoisotopic (exact) mass is 391 g/mol. The molecule has 0 unspecified atom stereocenters. The maximum absolute atomic E-state index is 9.95. The Balaban J connectivity index is 1.92. The lowest BCUT2D eigenvalue weighted by Crippen LogP contribution is -2.36. The minimum absolute atomic E-state index is 0.151. The lowest BCUT2D eigenvalue weighted by atomic mass is 10.2. The van der Waals surface area contributed by atoms with Gasteiger partial charge in [-0.15, -0.1) is 0 Å². The van der Waals surface area contributed by atoms with Gasteiger partial charge in [0, 0.05) is 11.8 Å². The molecule has 144 valence electrons. The summed E-state index contributed by atoms with van der Waals surface area (Å²) in [7, 11) is 1.00. The number of aliphatic hydroxyl groups excluding tert-OH is 1. The molecule has 3 nitrogen and oxygen atoms in total. The van der Waals surface area contributed by atoms with Crippen LogP contribution in [0.25, 0.3) is 0 Å². The van der Waals surface area contributed by atoms with Crippen molar-refractivity contribution in [2.75, 3.05) is 25.2 Å². The summed E-state index contributed by atoms with van der Waals surface area (Å²) in [6.45, 7) is 1.12. The van der Waals surface area contributed by atoms with Crippen LogP contribution < -0.4 is 25.6 Å².